The van der Waals surface area contributed by atoms with Gasteiger partial charge in [0.25, 0.3) is 0 Å². The largest absolute Gasteiger partial charge is 0.462 e. The quantitative estimate of drug-likeness (QED) is 0.170. The molecule has 0 saturated heterocycles. The van der Waals surface area contributed by atoms with E-state index < -0.39 is 30.5 Å². The van der Waals surface area contributed by atoms with Crippen LogP contribution in [0.2, 0.25) is 0 Å². The lowest BCUT2D eigenvalue weighted by atomic mass is 9.98. The van der Waals surface area contributed by atoms with Gasteiger partial charge in [-0.1, -0.05) is 43.8 Å². The standard InChI is InChI=1S/C34H32O9/c1-22(20-31(36)40-27-6-4-3-5-7-27)32(37)41-29-16-18-30(19-17-29)43-34(39)26-10-8-24(9-11-26)25-12-14-28(15-13-25)42-33(38)23(2)21-35/h8-19,27,35H,1-7,20-21H2. The van der Waals surface area contributed by atoms with Gasteiger partial charge in [0.15, 0.2) is 0 Å². The zero-order valence-electron chi connectivity index (χ0n) is 23.6. The maximum absolute atomic E-state index is 12.7. The van der Waals surface area contributed by atoms with E-state index in [9.17, 15) is 19.2 Å². The van der Waals surface area contributed by atoms with Crippen LogP contribution in [0.3, 0.4) is 0 Å². The minimum Gasteiger partial charge on any atom is -0.462 e. The van der Waals surface area contributed by atoms with Gasteiger partial charge in [-0.3, -0.25) is 4.79 Å². The van der Waals surface area contributed by atoms with Crippen LogP contribution < -0.4 is 14.2 Å². The van der Waals surface area contributed by atoms with Crippen molar-refractivity contribution < 1.29 is 43.2 Å². The normalized spacial score (nSPS) is 13.0. The molecule has 0 aromatic heterocycles. The highest BCUT2D eigenvalue weighted by atomic mass is 16.6. The second kappa shape index (κ2) is 14.7. The number of hydrogen-bond acceptors (Lipinski definition) is 9. The zero-order valence-corrected chi connectivity index (χ0v) is 23.6. The van der Waals surface area contributed by atoms with Crippen LogP contribution in [0.15, 0.2) is 97.1 Å². The lowest BCUT2D eigenvalue weighted by molar-refractivity contribution is -0.150. The molecule has 9 nitrogen and oxygen atoms in total. The van der Waals surface area contributed by atoms with Crippen molar-refractivity contribution in [2.75, 3.05) is 6.61 Å². The number of hydrogen-bond donors (Lipinski definition) is 1. The number of carbonyl (C=O) groups is 4. The van der Waals surface area contributed by atoms with E-state index in [0.717, 1.165) is 43.2 Å². The Bertz CT molecular complexity index is 1480. The van der Waals surface area contributed by atoms with Crippen molar-refractivity contribution in [1.82, 2.24) is 0 Å². The molecule has 0 aliphatic heterocycles. The van der Waals surface area contributed by atoms with Crippen LogP contribution in [0.1, 0.15) is 48.9 Å². The Morgan fingerprint density at radius 3 is 1.65 bits per heavy atom. The molecule has 0 heterocycles. The Kier molecular flexibility index (Phi) is 10.6. The van der Waals surface area contributed by atoms with Crippen LogP contribution >= 0.6 is 0 Å². The molecular formula is C34H32O9. The third-order valence-corrected chi connectivity index (χ3v) is 6.74. The first-order valence-corrected chi connectivity index (χ1v) is 13.8. The van der Waals surface area contributed by atoms with Crippen molar-refractivity contribution in [3.05, 3.63) is 103 Å². The fraction of sp³-hybridized carbons (Fsp3) is 0.235. The van der Waals surface area contributed by atoms with Crippen molar-refractivity contribution in [1.29, 1.82) is 0 Å². The minimum atomic E-state index is -0.742. The first-order valence-electron chi connectivity index (χ1n) is 13.8. The Hall–Kier alpha value is -5.02. The predicted octanol–water partition coefficient (Wildman–Crippen LogP) is 5.75. The number of carbonyl (C=O) groups excluding carboxylic acids is 4. The maximum Gasteiger partial charge on any atom is 0.343 e. The summed E-state index contributed by atoms with van der Waals surface area (Å²) in [6.07, 6.45) is 4.53. The van der Waals surface area contributed by atoms with Crippen LogP contribution in [0, 0.1) is 0 Å². The summed E-state index contributed by atoms with van der Waals surface area (Å²) >= 11 is 0. The summed E-state index contributed by atoms with van der Waals surface area (Å²) in [6, 6.07) is 19.4. The summed E-state index contributed by atoms with van der Waals surface area (Å²) in [6.45, 7) is 6.60. The van der Waals surface area contributed by atoms with E-state index in [0.29, 0.717) is 11.3 Å². The van der Waals surface area contributed by atoms with Gasteiger partial charge in [0.05, 0.1) is 24.2 Å². The van der Waals surface area contributed by atoms with Gasteiger partial charge in [-0.2, -0.15) is 0 Å². The van der Waals surface area contributed by atoms with Crippen LogP contribution in [0.4, 0.5) is 0 Å². The molecule has 4 rings (SSSR count). The zero-order chi connectivity index (χ0) is 30.8. The van der Waals surface area contributed by atoms with E-state index in [4.69, 9.17) is 24.1 Å². The van der Waals surface area contributed by atoms with Crippen LogP contribution in [-0.4, -0.2) is 41.7 Å². The second-order valence-corrected chi connectivity index (χ2v) is 10.0. The van der Waals surface area contributed by atoms with Gasteiger partial charge in [-0.15, -0.1) is 0 Å². The van der Waals surface area contributed by atoms with Crippen LogP contribution in [0.5, 0.6) is 17.2 Å². The summed E-state index contributed by atoms with van der Waals surface area (Å²) in [5.41, 5.74) is 1.92. The number of rotatable bonds is 11. The highest BCUT2D eigenvalue weighted by Crippen LogP contribution is 2.25. The first kappa shape index (κ1) is 30.9. The van der Waals surface area contributed by atoms with Gasteiger partial charge in [-0.05, 0) is 85.3 Å². The molecule has 0 radical (unpaired) electrons. The molecule has 222 valence electrons. The molecule has 1 N–H and O–H groups in total. The molecule has 0 spiro atoms. The Balaban J connectivity index is 1.26. The molecule has 0 atom stereocenters. The monoisotopic (exact) mass is 584 g/mol. The van der Waals surface area contributed by atoms with Gasteiger partial charge in [-0.25, -0.2) is 14.4 Å². The average Bonchev–Trinajstić information content (AvgIpc) is 3.02. The number of esters is 4. The molecule has 3 aromatic rings. The fourth-order valence-electron chi connectivity index (χ4n) is 4.34. The first-order chi connectivity index (χ1) is 20.7. The van der Waals surface area contributed by atoms with Crippen molar-refractivity contribution >= 4 is 23.9 Å². The molecule has 1 fully saturated rings. The van der Waals surface area contributed by atoms with Crippen LogP contribution in [0.25, 0.3) is 11.1 Å². The lowest BCUT2D eigenvalue weighted by Gasteiger charge is -2.21. The third kappa shape index (κ3) is 8.98. The summed E-state index contributed by atoms with van der Waals surface area (Å²) in [5, 5.41) is 8.97. The highest BCUT2D eigenvalue weighted by molar-refractivity contribution is 5.94. The minimum absolute atomic E-state index is 0.0107. The van der Waals surface area contributed by atoms with E-state index in [-0.39, 0.29) is 35.2 Å². The molecule has 3 aromatic carbocycles. The summed E-state index contributed by atoms with van der Waals surface area (Å²) in [4.78, 5) is 48.9. The van der Waals surface area contributed by atoms with Gasteiger partial charge in [0.2, 0.25) is 0 Å². The Morgan fingerprint density at radius 2 is 1.12 bits per heavy atom. The van der Waals surface area contributed by atoms with E-state index in [2.05, 4.69) is 13.2 Å². The summed E-state index contributed by atoms with van der Waals surface area (Å²) in [5.74, 6) is -1.76. The molecule has 1 aliphatic rings. The van der Waals surface area contributed by atoms with Crippen molar-refractivity contribution in [2.45, 2.75) is 44.6 Å². The Morgan fingerprint density at radius 1 is 0.651 bits per heavy atom. The third-order valence-electron chi connectivity index (χ3n) is 6.74. The fourth-order valence-corrected chi connectivity index (χ4v) is 4.34. The molecule has 1 saturated carbocycles. The number of aliphatic hydroxyl groups is 1. The van der Waals surface area contributed by atoms with Crippen molar-refractivity contribution in [3.8, 4) is 28.4 Å². The topological polar surface area (TPSA) is 125 Å². The second-order valence-electron chi connectivity index (χ2n) is 10.0. The predicted molar refractivity (Wildman–Crippen MR) is 157 cm³/mol. The molecule has 1 aliphatic carbocycles. The summed E-state index contributed by atoms with van der Waals surface area (Å²) < 4.78 is 21.3. The van der Waals surface area contributed by atoms with E-state index in [1.165, 1.54) is 24.3 Å². The van der Waals surface area contributed by atoms with E-state index >= 15 is 0 Å². The summed E-state index contributed by atoms with van der Waals surface area (Å²) in [7, 11) is 0. The molecule has 0 bridgehead atoms. The molecule has 0 amide bonds. The Labute approximate surface area is 249 Å². The van der Waals surface area contributed by atoms with Crippen molar-refractivity contribution in [3.63, 3.8) is 0 Å². The maximum atomic E-state index is 12.7. The van der Waals surface area contributed by atoms with E-state index in [1.54, 1.807) is 48.5 Å². The smallest absolute Gasteiger partial charge is 0.343 e. The number of aliphatic hydroxyl groups excluding tert-OH is 1. The van der Waals surface area contributed by atoms with Crippen LogP contribution in [-0.2, 0) is 19.1 Å². The molecular weight excluding hydrogens is 552 g/mol. The molecule has 0 unspecified atom stereocenters. The SMILES string of the molecule is C=C(CO)C(=O)Oc1ccc(-c2ccc(C(=O)Oc3ccc(OC(=O)C(=C)CC(=O)OC4CCCCC4)cc3)cc2)cc1. The highest BCUT2D eigenvalue weighted by Gasteiger charge is 2.21. The number of benzene rings is 3. The molecule has 43 heavy (non-hydrogen) atoms. The van der Waals surface area contributed by atoms with Gasteiger partial charge >= 0.3 is 23.9 Å². The lowest BCUT2D eigenvalue weighted by Crippen LogP contribution is -2.22. The van der Waals surface area contributed by atoms with Gasteiger partial charge in [0.1, 0.15) is 23.4 Å². The number of ether oxygens (including phenoxy) is 4. The van der Waals surface area contributed by atoms with E-state index in [1.807, 2.05) is 0 Å². The van der Waals surface area contributed by atoms with Gasteiger partial charge < -0.3 is 24.1 Å². The van der Waals surface area contributed by atoms with Gasteiger partial charge in [0, 0.05) is 5.57 Å². The average molecular weight is 585 g/mol. The van der Waals surface area contributed by atoms with Crippen molar-refractivity contribution in [2.24, 2.45) is 0 Å². The molecule has 9 heteroatoms.